The molecule has 0 aliphatic carbocycles. The summed E-state index contributed by atoms with van der Waals surface area (Å²) in [5.41, 5.74) is 0.995. The minimum absolute atomic E-state index is 0.0790. The number of nitrogens with zero attached hydrogens (tertiary/aromatic N) is 3. The second kappa shape index (κ2) is 9.37. The van der Waals surface area contributed by atoms with Crippen LogP contribution < -0.4 is 5.32 Å². The molecule has 0 spiro atoms. The summed E-state index contributed by atoms with van der Waals surface area (Å²) >= 11 is 2.32. The number of aromatic nitrogens is 3. The number of rotatable bonds is 8. The Morgan fingerprint density at radius 2 is 1.97 bits per heavy atom. The van der Waals surface area contributed by atoms with Crippen molar-refractivity contribution in [3.63, 3.8) is 0 Å². The summed E-state index contributed by atoms with van der Waals surface area (Å²) < 4.78 is 16.0. The smallest absolute Gasteiger partial charge is 0.316 e. The monoisotopic (exact) mass is 442 g/mol. The Hall–Kier alpha value is -3.44. The van der Waals surface area contributed by atoms with Crippen molar-refractivity contribution in [1.29, 1.82) is 0 Å². The number of hydrogen-bond acceptors (Lipinski definition) is 10. The predicted octanol–water partition coefficient (Wildman–Crippen LogP) is 3.87. The van der Waals surface area contributed by atoms with E-state index >= 15 is 0 Å². The summed E-state index contributed by atoms with van der Waals surface area (Å²) in [5, 5.41) is 14.4. The molecule has 3 aromatic heterocycles. The fraction of sp³-hybridized carbons (Fsp3) is 0.105. The first kappa shape index (κ1) is 19.9. The van der Waals surface area contributed by atoms with Gasteiger partial charge < -0.3 is 13.7 Å². The highest BCUT2D eigenvalue weighted by Crippen LogP contribution is 2.26. The Balaban J connectivity index is 1.26. The number of carbonyl (C=O) groups is 2. The summed E-state index contributed by atoms with van der Waals surface area (Å²) in [4.78, 5) is 24.2. The van der Waals surface area contributed by atoms with Gasteiger partial charge in [-0.1, -0.05) is 58.6 Å². The molecule has 0 aliphatic rings. The zero-order chi connectivity index (χ0) is 20.8. The van der Waals surface area contributed by atoms with Crippen LogP contribution in [0, 0.1) is 0 Å². The van der Waals surface area contributed by atoms with Crippen LogP contribution in [0.25, 0.3) is 11.5 Å². The van der Waals surface area contributed by atoms with Gasteiger partial charge in [0.2, 0.25) is 10.9 Å². The van der Waals surface area contributed by atoms with Gasteiger partial charge in [-0.3, -0.25) is 14.9 Å². The average molecular weight is 442 g/mol. The number of thioether (sulfide) groups is 1. The van der Waals surface area contributed by atoms with E-state index in [4.69, 9.17) is 13.7 Å². The van der Waals surface area contributed by atoms with Gasteiger partial charge in [0.05, 0.1) is 12.0 Å². The number of anilines is 1. The van der Waals surface area contributed by atoms with Gasteiger partial charge in [-0.25, -0.2) is 0 Å². The van der Waals surface area contributed by atoms with Crippen LogP contribution in [-0.2, 0) is 16.1 Å². The van der Waals surface area contributed by atoms with Gasteiger partial charge in [-0.2, -0.15) is 0 Å². The van der Waals surface area contributed by atoms with Crippen molar-refractivity contribution in [3.05, 3.63) is 66.1 Å². The van der Waals surface area contributed by atoms with Crippen LogP contribution in [-0.4, -0.2) is 33.0 Å². The summed E-state index contributed by atoms with van der Waals surface area (Å²) in [6.07, 6.45) is 1.50. The lowest BCUT2D eigenvalue weighted by atomic mass is 10.2. The normalized spacial score (nSPS) is 10.7. The zero-order valence-electron chi connectivity index (χ0n) is 15.3. The van der Waals surface area contributed by atoms with Crippen LogP contribution >= 0.6 is 23.1 Å². The second-order valence-corrected chi connectivity index (χ2v) is 8.02. The van der Waals surface area contributed by atoms with Gasteiger partial charge in [0.25, 0.3) is 5.91 Å². The molecule has 1 aromatic carbocycles. The average Bonchev–Trinajstić information content (AvgIpc) is 3.53. The highest BCUT2D eigenvalue weighted by Gasteiger charge is 2.17. The number of nitrogens with one attached hydrogen (secondary N) is 1. The molecule has 30 heavy (non-hydrogen) atoms. The van der Waals surface area contributed by atoms with Crippen molar-refractivity contribution in [2.45, 2.75) is 10.9 Å². The fourth-order valence-corrected chi connectivity index (χ4v) is 3.84. The minimum Gasteiger partial charge on any atom is -0.461 e. The predicted molar refractivity (Wildman–Crippen MR) is 109 cm³/mol. The molecule has 0 bridgehead atoms. The summed E-state index contributed by atoms with van der Waals surface area (Å²) in [6, 6.07) is 14.3. The van der Waals surface area contributed by atoms with Crippen molar-refractivity contribution >= 4 is 40.1 Å². The zero-order valence-corrected chi connectivity index (χ0v) is 16.9. The quantitative estimate of drug-likeness (QED) is 0.246. The molecular weight excluding hydrogens is 428 g/mol. The Morgan fingerprint density at radius 1 is 1.10 bits per heavy atom. The van der Waals surface area contributed by atoms with Gasteiger partial charge >= 0.3 is 5.97 Å². The van der Waals surface area contributed by atoms with Gasteiger partial charge in [-0.15, -0.1) is 10.2 Å². The second-order valence-electron chi connectivity index (χ2n) is 5.82. The highest BCUT2D eigenvalue weighted by molar-refractivity contribution is 8.01. The molecule has 9 nitrogen and oxygen atoms in total. The summed E-state index contributed by atoms with van der Waals surface area (Å²) in [5.74, 6) is 0.0396. The Bertz CT molecular complexity index is 1120. The molecule has 3 heterocycles. The molecule has 0 saturated carbocycles. The Labute approximate surface area is 178 Å². The van der Waals surface area contributed by atoms with Crippen molar-refractivity contribution < 1.29 is 23.3 Å². The van der Waals surface area contributed by atoms with Gasteiger partial charge in [0, 0.05) is 6.07 Å². The molecule has 0 saturated heterocycles. The number of esters is 1. The number of benzene rings is 1. The molecule has 0 atom stereocenters. The molecule has 11 heteroatoms. The largest absolute Gasteiger partial charge is 0.461 e. The van der Waals surface area contributed by atoms with E-state index in [0.717, 1.165) is 16.9 Å². The maximum absolute atomic E-state index is 12.3. The molecular formula is C19H14N4O5S2. The van der Waals surface area contributed by atoms with E-state index in [-0.39, 0.29) is 29.2 Å². The minimum atomic E-state index is -0.494. The number of ether oxygens (including phenoxy) is 1. The standard InChI is InChI=1S/C19H14N4O5S2/c24-16(27-10-12-5-2-1-3-6-12)11-29-19-22-21-18(30-19)20-17(25)13-9-15(28-23-13)14-7-4-8-26-14/h1-9H,10-11H2,(H,20,21,25). The molecule has 4 aromatic rings. The van der Waals surface area contributed by atoms with E-state index in [0.29, 0.717) is 15.9 Å². The van der Waals surface area contributed by atoms with Crippen LogP contribution in [0.1, 0.15) is 16.1 Å². The number of furan rings is 1. The van der Waals surface area contributed by atoms with E-state index in [9.17, 15) is 9.59 Å². The lowest BCUT2D eigenvalue weighted by Crippen LogP contribution is -2.11. The molecule has 1 amide bonds. The summed E-state index contributed by atoms with van der Waals surface area (Å²) in [6.45, 7) is 0.218. The third-order valence-electron chi connectivity index (χ3n) is 3.69. The first-order valence-corrected chi connectivity index (χ1v) is 10.5. The third-order valence-corrected chi connectivity index (χ3v) is 5.64. The lowest BCUT2D eigenvalue weighted by molar-refractivity contribution is -0.141. The fourth-order valence-electron chi connectivity index (χ4n) is 2.30. The van der Waals surface area contributed by atoms with Crippen LogP contribution in [0.4, 0.5) is 5.13 Å². The van der Waals surface area contributed by atoms with Gasteiger partial charge in [0.15, 0.2) is 15.8 Å². The highest BCUT2D eigenvalue weighted by atomic mass is 32.2. The van der Waals surface area contributed by atoms with E-state index < -0.39 is 5.91 Å². The van der Waals surface area contributed by atoms with Crippen molar-refractivity contribution in [2.75, 3.05) is 11.1 Å². The Kier molecular flexibility index (Phi) is 6.20. The molecule has 0 aliphatic heterocycles. The number of amides is 1. The molecule has 152 valence electrons. The lowest BCUT2D eigenvalue weighted by Gasteiger charge is -2.03. The Morgan fingerprint density at radius 3 is 2.77 bits per heavy atom. The van der Waals surface area contributed by atoms with Crippen LogP contribution in [0.15, 0.2) is 68.1 Å². The van der Waals surface area contributed by atoms with Crippen molar-refractivity contribution in [3.8, 4) is 11.5 Å². The maximum Gasteiger partial charge on any atom is 0.316 e. The molecule has 0 radical (unpaired) electrons. The first-order chi connectivity index (χ1) is 14.7. The molecule has 1 N–H and O–H groups in total. The van der Waals surface area contributed by atoms with Gasteiger partial charge in [-0.05, 0) is 17.7 Å². The van der Waals surface area contributed by atoms with E-state index in [1.807, 2.05) is 30.3 Å². The van der Waals surface area contributed by atoms with Crippen LogP contribution in [0.2, 0.25) is 0 Å². The number of carbonyl (C=O) groups excluding carboxylic acids is 2. The molecule has 0 unspecified atom stereocenters. The van der Waals surface area contributed by atoms with Gasteiger partial charge in [0.1, 0.15) is 6.61 Å². The first-order valence-electron chi connectivity index (χ1n) is 8.65. The van der Waals surface area contributed by atoms with E-state index in [1.165, 1.54) is 24.1 Å². The molecule has 4 rings (SSSR count). The summed E-state index contributed by atoms with van der Waals surface area (Å²) in [7, 11) is 0. The molecule has 0 fully saturated rings. The maximum atomic E-state index is 12.3. The van der Waals surface area contributed by atoms with Crippen molar-refractivity contribution in [2.24, 2.45) is 0 Å². The topological polar surface area (TPSA) is 120 Å². The third kappa shape index (κ3) is 5.13. The van der Waals surface area contributed by atoms with Crippen LogP contribution in [0.5, 0.6) is 0 Å². The van der Waals surface area contributed by atoms with Crippen molar-refractivity contribution in [1.82, 2.24) is 15.4 Å². The van der Waals surface area contributed by atoms with E-state index in [2.05, 4.69) is 20.7 Å². The van der Waals surface area contributed by atoms with E-state index in [1.54, 1.807) is 12.1 Å². The van der Waals surface area contributed by atoms with Crippen LogP contribution in [0.3, 0.4) is 0 Å². The number of hydrogen-bond donors (Lipinski definition) is 1. The SMILES string of the molecule is O=C(CSc1nnc(NC(=O)c2cc(-c3ccco3)on2)s1)OCc1ccccc1.